The molecule has 1 amide bonds. The Bertz CT molecular complexity index is 1290. The lowest BCUT2D eigenvalue weighted by atomic mass is 9.96. The normalized spacial score (nSPS) is 13.5. The Kier molecular flexibility index (Phi) is 7.52. The Balaban J connectivity index is 1.63. The number of aryl methyl sites for hydroxylation is 2. The molecule has 0 aliphatic carbocycles. The number of amides is 1. The first kappa shape index (κ1) is 24.9. The number of aromatic nitrogens is 1. The monoisotopic (exact) mass is 497 g/mol. The molecular weight excluding hydrogens is 471 g/mol. The smallest absolute Gasteiger partial charge is 0.358 e. The van der Waals surface area contributed by atoms with Gasteiger partial charge in [-0.3, -0.25) is 10.1 Å². The molecule has 2 N–H and O–H groups in total. The van der Waals surface area contributed by atoms with Gasteiger partial charge in [-0.2, -0.15) is 13.2 Å². The molecule has 4 aromatic rings. The number of halogens is 3. The van der Waals surface area contributed by atoms with E-state index in [1.54, 1.807) is 18.4 Å². The fraction of sp³-hybridized carbons (Fsp3) is 0.259. The molecule has 2 atom stereocenters. The molecule has 182 valence electrons. The summed E-state index contributed by atoms with van der Waals surface area (Å²) in [5, 5.41) is 7.21. The molecule has 0 fully saturated rings. The van der Waals surface area contributed by atoms with Gasteiger partial charge >= 0.3 is 6.18 Å². The van der Waals surface area contributed by atoms with Crippen molar-refractivity contribution in [2.75, 3.05) is 7.05 Å². The molecule has 1 heterocycles. The first-order valence-electron chi connectivity index (χ1n) is 11.3. The zero-order valence-electron chi connectivity index (χ0n) is 19.4. The summed E-state index contributed by atoms with van der Waals surface area (Å²) in [6.45, 7) is 1.96. The van der Waals surface area contributed by atoms with E-state index in [1.165, 1.54) is 12.1 Å². The summed E-state index contributed by atoms with van der Waals surface area (Å²) in [7, 11) is 1.60. The average Bonchev–Trinajstić information content (AvgIpc) is 3.23. The van der Waals surface area contributed by atoms with Gasteiger partial charge in [-0.15, -0.1) is 11.3 Å². The molecule has 0 saturated carbocycles. The van der Waals surface area contributed by atoms with Crippen molar-refractivity contribution in [2.45, 2.75) is 38.0 Å². The predicted molar refractivity (Wildman–Crippen MR) is 133 cm³/mol. The first-order valence-corrected chi connectivity index (χ1v) is 12.1. The fourth-order valence-corrected chi connectivity index (χ4v) is 4.98. The second-order valence-electron chi connectivity index (χ2n) is 8.37. The number of rotatable bonds is 8. The number of alkyl halides is 3. The van der Waals surface area contributed by atoms with E-state index in [1.807, 2.05) is 49.4 Å². The predicted octanol–water partition coefficient (Wildman–Crippen LogP) is 6.37. The van der Waals surface area contributed by atoms with Gasteiger partial charge in [-0.25, -0.2) is 4.98 Å². The minimum Gasteiger partial charge on any atom is -0.358 e. The number of hydrogen-bond acceptors (Lipinski definition) is 4. The maximum atomic E-state index is 12.9. The van der Waals surface area contributed by atoms with Crippen LogP contribution in [0.15, 0.2) is 72.8 Å². The van der Waals surface area contributed by atoms with E-state index in [4.69, 9.17) is 0 Å². The second-order valence-corrected chi connectivity index (χ2v) is 9.61. The Labute approximate surface area is 206 Å². The van der Waals surface area contributed by atoms with Crippen molar-refractivity contribution in [2.24, 2.45) is 0 Å². The minimum absolute atomic E-state index is 0.162. The third kappa shape index (κ3) is 6.07. The van der Waals surface area contributed by atoms with Crippen LogP contribution in [0.5, 0.6) is 0 Å². The number of carbonyl (C=O) groups is 1. The van der Waals surface area contributed by atoms with Crippen LogP contribution in [0.2, 0.25) is 0 Å². The zero-order chi connectivity index (χ0) is 25.0. The van der Waals surface area contributed by atoms with Gasteiger partial charge in [0.1, 0.15) is 6.04 Å². The second kappa shape index (κ2) is 10.6. The van der Waals surface area contributed by atoms with Crippen LogP contribution in [0, 0.1) is 6.92 Å². The molecule has 0 spiro atoms. The van der Waals surface area contributed by atoms with E-state index in [2.05, 4.69) is 21.7 Å². The molecule has 1 aromatic heterocycles. The van der Waals surface area contributed by atoms with E-state index >= 15 is 0 Å². The van der Waals surface area contributed by atoms with Crippen molar-refractivity contribution in [1.29, 1.82) is 0 Å². The highest BCUT2D eigenvalue weighted by atomic mass is 32.1. The lowest BCUT2D eigenvalue weighted by Gasteiger charge is -2.26. The molecule has 0 radical (unpaired) electrons. The van der Waals surface area contributed by atoms with Crippen LogP contribution < -0.4 is 10.6 Å². The summed E-state index contributed by atoms with van der Waals surface area (Å²) in [6.07, 6.45) is -3.22. The summed E-state index contributed by atoms with van der Waals surface area (Å²) in [5.74, 6) is -0.162. The SMILES string of the molecule is CNC(=O)[C@H](N[C@H](CCc1ccc(C(F)(F)F)cc1)c1ccc2nc(C)sc2c1)c1ccccc1. The quantitative estimate of drug-likeness (QED) is 0.297. The molecular formula is C27H26F3N3OS. The van der Waals surface area contributed by atoms with Crippen molar-refractivity contribution in [3.05, 3.63) is 100 Å². The number of nitrogens with one attached hydrogen (secondary N) is 2. The van der Waals surface area contributed by atoms with Crippen molar-refractivity contribution < 1.29 is 18.0 Å². The van der Waals surface area contributed by atoms with Gasteiger partial charge in [0.2, 0.25) is 5.91 Å². The van der Waals surface area contributed by atoms with Gasteiger partial charge in [0, 0.05) is 13.1 Å². The van der Waals surface area contributed by atoms with Crippen LogP contribution >= 0.6 is 11.3 Å². The summed E-state index contributed by atoms with van der Waals surface area (Å²) in [5.41, 5.74) is 2.89. The molecule has 35 heavy (non-hydrogen) atoms. The number of fused-ring (bicyclic) bond motifs is 1. The van der Waals surface area contributed by atoms with Crippen LogP contribution in [-0.4, -0.2) is 17.9 Å². The first-order chi connectivity index (χ1) is 16.7. The number of hydrogen-bond donors (Lipinski definition) is 2. The lowest BCUT2D eigenvalue weighted by molar-refractivity contribution is -0.137. The molecule has 0 saturated heterocycles. The van der Waals surface area contributed by atoms with Gasteiger partial charge in [0.15, 0.2) is 0 Å². The third-order valence-electron chi connectivity index (χ3n) is 5.93. The molecule has 4 rings (SSSR count). The van der Waals surface area contributed by atoms with E-state index < -0.39 is 17.8 Å². The number of carbonyl (C=O) groups excluding carboxylic acids is 1. The maximum absolute atomic E-state index is 12.9. The molecule has 0 bridgehead atoms. The Morgan fingerprint density at radius 1 is 1.00 bits per heavy atom. The largest absolute Gasteiger partial charge is 0.416 e. The topological polar surface area (TPSA) is 54.0 Å². The van der Waals surface area contributed by atoms with E-state index in [-0.39, 0.29) is 11.9 Å². The summed E-state index contributed by atoms with van der Waals surface area (Å²) < 4.78 is 39.9. The maximum Gasteiger partial charge on any atom is 0.416 e. The molecule has 0 aliphatic heterocycles. The Hall–Kier alpha value is -3.23. The van der Waals surface area contributed by atoms with Crippen molar-refractivity contribution in [1.82, 2.24) is 15.6 Å². The third-order valence-corrected chi connectivity index (χ3v) is 6.87. The lowest BCUT2D eigenvalue weighted by Crippen LogP contribution is -2.38. The molecule has 4 nitrogen and oxygen atoms in total. The average molecular weight is 498 g/mol. The van der Waals surface area contributed by atoms with Gasteiger partial charge in [0.25, 0.3) is 0 Å². The molecule has 0 aliphatic rings. The number of thiazole rings is 1. The van der Waals surface area contributed by atoms with Crippen LogP contribution in [0.4, 0.5) is 13.2 Å². The Morgan fingerprint density at radius 3 is 2.37 bits per heavy atom. The van der Waals surface area contributed by atoms with Gasteiger partial charge in [0.05, 0.1) is 20.8 Å². The standard InChI is InChI=1S/C27H26F3N3OS/c1-17-32-23-15-11-20(16-24(23)35-17)22(14-10-18-8-12-21(13-9-18)27(28,29)30)33-25(26(34)31-2)19-6-4-3-5-7-19/h3-9,11-13,15-16,22,25,33H,10,14H2,1-2H3,(H,31,34)/t22-,25-/m1/s1. The molecule has 3 aromatic carbocycles. The zero-order valence-corrected chi connectivity index (χ0v) is 20.2. The van der Waals surface area contributed by atoms with E-state index in [0.717, 1.165) is 44.0 Å². The molecule has 8 heteroatoms. The van der Waals surface area contributed by atoms with Gasteiger partial charge in [-0.1, -0.05) is 48.5 Å². The molecule has 0 unspecified atom stereocenters. The highest BCUT2D eigenvalue weighted by molar-refractivity contribution is 7.18. The Morgan fingerprint density at radius 2 is 1.71 bits per heavy atom. The van der Waals surface area contributed by atoms with Gasteiger partial charge < -0.3 is 5.32 Å². The summed E-state index contributed by atoms with van der Waals surface area (Å²) in [4.78, 5) is 17.3. The highest BCUT2D eigenvalue weighted by Gasteiger charge is 2.30. The number of likely N-dealkylation sites (N-methyl/N-ethyl adjacent to an activating group) is 1. The van der Waals surface area contributed by atoms with Crippen LogP contribution in [0.25, 0.3) is 10.2 Å². The van der Waals surface area contributed by atoms with Crippen molar-refractivity contribution in [3.8, 4) is 0 Å². The minimum atomic E-state index is -4.36. The fourth-order valence-electron chi connectivity index (χ4n) is 4.11. The van der Waals surface area contributed by atoms with Crippen molar-refractivity contribution >= 4 is 27.5 Å². The number of nitrogens with zero attached hydrogens (tertiary/aromatic N) is 1. The van der Waals surface area contributed by atoms with E-state index in [9.17, 15) is 18.0 Å². The van der Waals surface area contributed by atoms with Crippen molar-refractivity contribution in [3.63, 3.8) is 0 Å². The van der Waals surface area contributed by atoms with Gasteiger partial charge in [-0.05, 0) is 60.7 Å². The van der Waals surface area contributed by atoms with Crippen LogP contribution in [-0.2, 0) is 17.4 Å². The summed E-state index contributed by atoms with van der Waals surface area (Å²) >= 11 is 1.60. The van der Waals surface area contributed by atoms with Crippen LogP contribution in [0.1, 0.15) is 45.8 Å². The van der Waals surface area contributed by atoms with E-state index in [0.29, 0.717) is 12.8 Å². The van der Waals surface area contributed by atoms with Crippen LogP contribution in [0.3, 0.4) is 0 Å². The highest BCUT2D eigenvalue weighted by Crippen LogP contribution is 2.31. The number of benzene rings is 3. The summed E-state index contributed by atoms with van der Waals surface area (Å²) in [6, 6.07) is 20.0.